The van der Waals surface area contributed by atoms with Crippen LogP contribution in [0.2, 0.25) is 0 Å². The molecule has 0 fully saturated rings. The Morgan fingerprint density at radius 2 is 2.14 bits per heavy atom. The maximum atomic E-state index is 11.1. The van der Waals surface area contributed by atoms with Crippen molar-refractivity contribution in [1.82, 2.24) is 4.98 Å². The van der Waals surface area contributed by atoms with Gasteiger partial charge in [-0.15, -0.1) is 0 Å². The van der Waals surface area contributed by atoms with Gasteiger partial charge >= 0.3 is 5.97 Å². The second-order valence-corrected chi connectivity index (χ2v) is 5.23. The predicted octanol–water partition coefficient (Wildman–Crippen LogP) is 2.75. The smallest absolute Gasteiger partial charge is 0.354 e. The fourth-order valence-electron chi connectivity index (χ4n) is 2.20. The number of aliphatic hydroxyl groups excluding tert-OH is 1. The number of hydrogen-bond donors (Lipinski definition) is 3. The van der Waals surface area contributed by atoms with Crippen molar-refractivity contribution in [3.8, 4) is 0 Å². The van der Waals surface area contributed by atoms with Gasteiger partial charge in [-0.1, -0.05) is 25.1 Å². The lowest BCUT2D eigenvalue weighted by atomic mass is 10.1. The van der Waals surface area contributed by atoms with Crippen LogP contribution < -0.4 is 5.32 Å². The summed E-state index contributed by atoms with van der Waals surface area (Å²) in [5.41, 5.74) is 1.50. The highest BCUT2D eigenvalue weighted by Crippen LogP contribution is 2.23. The van der Waals surface area contributed by atoms with Crippen molar-refractivity contribution in [3.63, 3.8) is 0 Å². The predicted molar refractivity (Wildman–Crippen MR) is 82.7 cm³/mol. The van der Waals surface area contributed by atoms with Crippen LogP contribution in [-0.2, 0) is 0 Å². The number of nitrogens with one attached hydrogen (secondary N) is 1. The van der Waals surface area contributed by atoms with Crippen LogP contribution >= 0.6 is 0 Å². The first-order chi connectivity index (χ1) is 10.1. The minimum absolute atomic E-state index is 0.0416. The van der Waals surface area contributed by atoms with Crippen LogP contribution in [0.3, 0.4) is 0 Å². The topological polar surface area (TPSA) is 82.5 Å². The van der Waals surface area contributed by atoms with Crippen molar-refractivity contribution < 1.29 is 15.0 Å². The molecule has 3 N–H and O–H groups in total. The summed E-state index contributed by atoms with van der Waals surface area (Å²) >= 11 is 0. The quantitative estimate of drug-likeness (QED) is 0.682. The van der Waals surface area contributed by atoms with E-state index in [1.54, 1.807) is 12.1 Å². The molecule has 0 aliphatic heterocycles. The van der Waals surface area contributed by atoms with Gasteiger partial charge in [0.1, 0.15) is 0 Å². The maximum absolute atomic E-state index is 11.1. The molecule has 0 radical (unpaired) electrons. The lowest BCUT2D eigenvalue weighted by Crippen LogP contribution is -2.08. The third-order valence-corrected chi connectivity index (χ3v) is 3.44. The highest BCUT2D eigenvalue weighted by atomic mass is 16.4. The van der Waals surface area contributed by atoms with Crippen molar-refractivity contribution in [2.75, 3.05) is 18.5 Å². The molecule has 1 aromatic carbocycles. The standard InChI is InChI=1S/C16H20N2O3/c1-11(10-19)5-4-8-17-14-9-15(16(20)21)18-13-7-3-2-6-12(13)14/h2-3,6-7,9,11,19H,4-5,8,10H2,1H3,(H,17,18)(H,20,21). The van der Waals surface area contributed by atoms with Crippen LogP contribution in [0.25, 0.3) is 10.9 Å². The number of carboxylic acid groups (broad SMARTS) is 1. The monoisotopic (exact) mass is 288 g/mol. The second-order valence-electron chi connectivity index (χ2n) is 5.23. The minimum atomic E-state index is -1.03. The van der Waals surface area contributed by atoms with Gasteiger partial charge in [-0.05, 0) is 30.9 Å². The van der Waals surface area contributed by atoms with Crippen molar-refractivity contribution in [3.05, 3.63) is 36.0 Å². The molecule has 0 bridgehead atoms. The van der Waals surface area contributed by atoms with Crippen molar-refractivity contribution in [2.24, 2.45) is 5.92 Å². The number of fused-ring (bicyclic) bond motifs is 1. The molecule has 2 aromatic rings. The van der Waals surface area contributed by atoms with E-state index in [4.69, 9.17) is 10.2 Å². The summed E-state index contributed by atoms with van der Waals surface area (Å²) in [6, 6.07) is 9.05. The third-order valence-electron chi connectivity index (χ3n) is 3.44. The zero-order chi connectivity index (χ0) is 15.2. The summed E-state index contributed by atoms with van der Waals surface area (Å²) in [7, 11) is 0. The van der Waals surface area contributed by atoms with Gasteiger partial charge in [-0.3, -0.25) is 0 Å². The number of benzene rings is 1. The van der Waals surface area contributed by atoms with E-state index in [-0.39, 0.29) is 18.2 Å². The van der Waals surface area contributed by atoms with E-state index in [2.05, 4.69) is 10.3 Å². The number of anilines is 1. The molecular weight excluding hydrogens is 268 g/mol. The first kappa shape index (κ1) is 15.3. The fraction of sp³-hybridized carbons (Fsp3) is 0.375. The van der Waals surface area contributed by atoms with Gasteiger partial charge in [0.2, 0.25) is 0 Å². The number of nitrogens with zero attached hydrogens (tertiary/aromatic N) is 1. The number of carbonyl (C=O) groups is 1. The summed E-state index contributed by atoms with van der Waals surface area (Å²) in [6.45, 7) is 2.93. The van der Waals surface area contributed by atoms with Crippen LogP contribution in [0.15, 0.2) is 30.3 Å². The normalized spacial score (nSPS) is 12.3. The Morgan fingerprint density at radius 3 is 2.86 bits per heavy atom. The molecule has 1 heterocycles. The number of aliphatic hydroxyl groups is 1. The third kappa shape index (κ3) is 3.92. The number of hydrogen-bond acceptors (Lipinski definition) is 4. The molecule has 0 aliphatic rings. The number of aromatic carboxylic acids is 1. The Hall–Kier alpha value is -2.14. The van der Waals surface area contributed by atoms with Crippen LogP contribution in [0.5, 0.6) is 0 Å². The molecule has 1 unspecified atom stereocenters. The highest BCUT2D eigenvalue weighted by molar-refractivity contribution is 5.97. The number of rotatable bonds is 7. The molecule has 0 aliphatic carbocycles. The van der Waals surface area contributed by atoms with E-state index in [0.29, 0.717) is 5.52 Å². The molecule has 112 valence electrons. The van der Waals surface area contributed by atoms with Crippen LogP contribution in [0.4, 0.5) is 5.69 Å². The Labute approximate surface area is 123 Å². The van der Waals surface area contributed by atoms with Crippen molar-refractivity contribution in [2.45, 2.75) is 19.8 Å². The molecule has 0 amide bonds. The van der Waals surface area contributed by atoms with Gasteiger partial charge < -0.3 is 15.5 Å². The maximum Gasteiger partial charge on any atom is 0.354 e. The Kier molecular flexibility index (Phi) is 5.11. The summed E-state index contributed by atoms with van der Waals surface area (Å²) in [5, 5.41) is 22.3. The largest absolute Gasteiger partial charge is 0.477 e. The molecule has 21 heavy (non-hydrogen) atoms. The first-order valence-electron chi connectivity index (χ1n) is 7.09. The van der Waals surface area contributed by atoms with Gasteiger partial charge in [-0.2, -0.15) is 0 Å². The molecule has 0 spiro atoms. The van der Waals surface area contributed by atoms with E-state index in [0.717, 1.165) is 30.5 Å². The average Bonchev–Trinajstić information content (AvgIpc) is 2.50. The van der Waals surface area contributed by atoms with Gasteiger partial charge in [0.25, 0.3) is 0 Å². The van der Waals surface area contributed by atoms with Gasteiger partial charge in [0.05, 0.1) is 5.52 Å². The van der Waals surface area contributed by atoms with E-state index < -0.39 is 5.97 Å². The molecular formula is C16H20N2O3. The van der Waals surface area contributed by atoms with E-state index in [9.17, 15) is 4.79 Å². The number of para-hydroxylation sites is 1. The highest BCUT2D eigenvalue weighted by Gasteiger charge is 2.10. The second kappa shape index (κ2) is 7.04. The van der Waals surface area contributed by atoms with Crippen molar-refractivity contribution in [1.29, 1.82) is 0 Å². The summed E-state index contributed by atoms with van der Waals surface area (Å²) in [5.74, 6) is -0.742. The lowest BCUT2D eigenvalue weighted by Gasteiger charge is -2.12. The average molecular weight is 288 g/mol. The zero-order valence-electron chi connectivity index (χ0n) is 12.0. The Morgan fingerprint density at radius 1 is 1.38 bits per heavy atom. The summed E-state index contributed by atoms with van der Waals surface area (Å²) < 4.78 is 0. The SMILES string of the molecule is CC(CO)CCCNc1cc(C(=O)O)nc2ccccc12. The summed E-state index contributed by atoms with van der Waals surface area (Å²) in [6.07, 6.45) is 1.85. The van der Waals surface area contributed by atoms with E-state index in [1.807, 2.05) is 25.1 Å². The van der Waals surface area contributed by atoms with Crippen LogP contribution in [0.1, 0.15) is 30.3 Å². The zero-order valence-corrected chi connectivity index (χ0v) is 12.0. The van der Waals surface area contributed by atoms with Gasteiger partial charge in [0, 0.05) is 24.2 Å². The fourth-order valence-corrected chi connectivity index (χ4v) is 2.20. The summed E-state index contributed by atoms with van der Waals surface area (Å²) in [4.78, 5) is 15.3. The van der Waals surface area contributed by atoms with Crippen LogP contribution in [0, 0.1) is 5.92 Å². The number of pyridine rings is 1. The first-order valence-corrected chi connectivity index (χ1v) is 7.09. The molecule has 2 rings (SSSR count). The molecule has 0 saturated heterocycles. The molecule has 1 atom stereocenters. The van der Waals surface area contributed by atoms with Gasteiger partial charge in [0.15, 0.2) is 5.69 Å². The molecule has 5 heteroatoms. The van der Waals surface area contributed by atoms with E-state index >= 15 is 0 Å². The number of carboxylic acids is 1. The number of aromatic nitrogens is 1. The van der Waals surface area contributed by atoms with Crippen molar-refractivity contribution >= 4 is 22.6 Å². The molecule has 5 nitrogen and oxygen atoms in total. The Bertz CT molecular complexity index is 628. The lowest BCUT2D eigenvalue weighted by molar-refractivity contribution is 0.0691. The molecule has 0 saturated carbocycles. The molecule has 1 aromatic heterocycles. The minimum Gasteiger partial charge on any atom is -0.477 e. The van der Waals surface area contributed by atoms with Gasteiger partial charge in [-0.25, -0.2) is 9.78 Å². The van der Waals surface area contributed by atoms with E-state index in [1.165, 1.54) is 0 Å². The van der Waals surface area contributed by atoms with Crippen LogP contribution in [-0.4, -0.2) is 34.3 Å². The Balaban J connectivity index is 2.15.